The van der Waals surface area contributed by atoms with Gasteiger partial charge in [-0.05, 0) is 18.2 Å². The topological polar surface area (TPSA) is 142 Å². The van der Waals surface area contributed by atoms with Crippen LogP contribution in [0.2, 0.25) is 0 Å². The monoisotopic (exact) mass is 371 g/mol. The van der Waals surface area contributed by atoms with E-state index in [1.165, 1.54) is 48.5 Å². The van der Waals surface area contributed by atoms with Gasteiger partial charge >= 0.3 is 5.97 Å². The van der Waals surface area contributed by atoms with Gasteiger partial charge in [0.15, 0.2) is 6.61 Å². The second-order valence-corrected chi connectivity index (χ2v) is 5.08. The van der Waals surface area contributed by atoms with Crippen LogP contribution in [0.4, 0.5) is 17.1 Å². The Labute approximate surface area is 152 Å². The minimum absolute atomic E-state index is 0.0287. The molecule has 1 amide bonds. The van der Waals surface area contributed by atoms with E-state index in [9.17, 15) is 29.8 Å². The lowest BCUT2D eigenvalue weighted by molar-refractivity contribution is -0.385. The number of amides is 1. The third-order valence-corrected chi connectivity index (χ3v) is 3.25. The molecule has 0 aliphatic rings. The Morgan fingerprint density at radius 2 is 1.56 bits per heavy atom. The zero-order valence-corrected chi connectivity index (χ0v) is 13.7. The third kappa shape index (κ3) is 5.46. The first-order chi connectivity index (χ1) is 12.9. The number of esters is 1. The van der Waals surface area contributed by atoms with Gasteiger partial charge in [-0.15, -0.1) is 0 Å². The highest BCUT2D eigenvalue weighted by Crippen LogP contribution is 2.23. The highest BCUT2D eigenvalue weighted by molar-refractivity contribution is 5.96. The highest BCUT2D eigenvalue weighted by Gasteiger charge is 2.15. The number of nitro benzene ring substituents is 2. The highest BCUT2D eigenvalue weighted by atomic mass is 16.6. The van der Waals surface area contributed by atoms with Crippen molar-refractivity contribution in [3.05, 3.63) is 80.4 Å². The van der Waals surface area contributed by atoms with Crippen molar-refractivity contribution in [1.82, 2.24) is 0 Å². The summed E-state index contributed by atoms with van der Waals surface area (Å²) < 4.78 is 4.72. The zero-order chi connectivity index (χ0) is 19.8. The van der Waals surface area contributed by atoms with Crippen LogP contribution in [-0.2, 0) is 14.3 Å². The van der Waals surface area contributed by atoms with Gasteiger partial charge in [0, 0.05) is 18.2 Å². The van der Waals surface area contributed by atoms with E-state index < -0.39 is 28.3 Å². The van der Waals surface area contributed by atoms with Crippen LogP contribution >= 0.6 is 0 Å². The molecule has 0 radical (unpaired) electrons. The van der Waals surface area contributed by atoms with E-state index in [4.69, 9.17) is 4.74 Å². The van der Waals surface area contributed by atoms with E-state index in [1.54, 1.807) is 6.07 Å². The third-order valence-electron chi connectivity index (χ3n) is 3.25. The van der Waals surface area contributed by atoms with Gasteiger partial charge in [0.25, 0.3) is 17.3 Å². The second kappa shape index (κ2) is 8.85. The van der Waals surface area contributed by atoms with Crippen molar-refractivity contribution in [1.29, 1.82) is 0 Å². The first-order valence-corrected chi connectivity index (χ1v) is 7.50. The Morgan fingerprint density at radius 3 is 2.22 bits per heavy atom. The van der Waals surface area contributed by atoms with E-state index in [0.29, 0.717) is 0 Å². The maximum Gasteiger partial charge on any atom is 0.331 e. The summed E-state index contributed by atoms with van der Waals surface area (Å²) in [5.74, 6) is -1.66. The number of para-hydroxylation sites is 3. The van der Waals surface area contributed by atoms with E-state index >= 15 is 0 Å². The summed E-state index contributed by atoms with van der Waals surface area (Å²) in [6.07, 6.45) is 2.14. The molecule has 0 spiro atoms. The zero-order valence-electron chi connectivity index (χ0n) is 13.7. The molecule has 0 aromatic heterocycles. The summed E-state index contributed by atoms with van der Waals surface area (Å²) in [4.78, 5) is 44.0. The maximum absolute atomic E-state index is 11.8. The number of ether oxygens (including phenoxy) is 1. The number of hydrogen-bond acceptors (Lipinski definition) is 7. The standard InChI is InChI=1S/C17H13N3O7/c21-16(18-13-6-2-4-8-15(13)20(25)26)11-27-17(22)10-9-12-5-1-3-7-14(12)19(23)24/h1-10H,11H2,(H,18,21)/b10-9+. The van der Waals surface area contributed by atoms with E-state index in [-0.39, 0.29) is 22.6 Å². The summed E-state index contributed by atoms with van der Waals surface area (Å²) in [5, 5.41) is 24.0. The second-order valence-electron chi connectivity index (χ2n) is 5.08. The molecule has 0 aliphatic carbocycles. The fourth-order valence-corrected chi connectivity index (χ4v) is 2.06. The molecule has 1 N–H and O–H groups in total. The van der Waals surface area contributed by atoms with Crippen molar-refractivity contribution < 1.29 is 24.2 Å². The van der Waals surface area contributed by atoms with Gasteiger partial charge in [-0.3, -0.25) is 25.0 Å². The predicted molar refractivity (Wildman–Crippen MR) is 94.8 cm³/mol. The van der Waals surface area contributed by atoms with Gasteiger partial charge in [-0.1, -0.05) is 24.3 Å². The Hall–Kier alpha value is -4.08. The van der Waals surface area contributed by atoms with Crippen LogP contribution in [-0.4, -0.2) is 28.3 Å². The van der Waals surface area contributed by atoms with Crippen LogP contribution in [0.1, 0.15) is 5.56 Å². The van der Waals surface area contributed by atoms with E-state index in [1.807, 2.05) is 0 Å². The van der Waals surface area contributed by atoms with Gasteiger partial charge < -0.3 is 10.1 Å². The lowest BCUT2D eigenvalue weighted by Crippen LogP contribution is -2.20. The number of carbonyl (C=O) groups is 2. The number of anilines is 1. The Kier molecular flexibility index (Phi) is 6.31. The Bertz CT molecular complexity index is 924. The molecule has 2 aromatic rings. The quantitative estimate of drug-likeness (QED) is 0.341. The molecular formula is C17H13N3O7. The van der Waals surface area contributed by atoms with Crippen LogP contribution in [0.3, 0.4) is 0 Å². The average Bonchev–Trinajstić information content (AvgIpc) is 2.65. The van der Waals surface area contributed by atoms with E-state index in [0.717, 1.165) is 6.08 Å². The normalized spacial score (nSPS) is 10.4. The molecule has 0 unspecified atom stereocenters. The van der Waals surface area contributed by atoms with Crippen LogP contribution in [0.5, 0.6) is 0 Å². The minimum atomic E-state index is -0.897. The molecule has 2 aromatic carbocycles. The molecule has 27 heavy (non-hydrogen) atoms. The minimum Gasteiger partial charge on any atom is -0.452 e. The van der Waals surface area contributed by atoms with Crippen molar-refractivity contribution >= 4 is 35.0 Å². The van der Waals surface area contributed by atoms with Gasteiger partial charge in [-0.2, -0.15) is 0 Å². The molecule has 0 heterocycles. The van der Waals surface area contributed by atoms with Gasteiger partial charge in [-0.25, -0.2) is 4.79 Å². The molecule has 2 rings (SSSR count). The van der Waals surface area contributed by atoms with Crippen molar-refractivity contribution in [3.8, 4) is 0 Å². The molecule has 10 nitrogen and oxygen atoms in total. The molecule has 10 heteroatoms. The smallest absolute Gasteiger partial charge is 0.331 e. The molecule has 138 valence electrons. The Balaban J connectivity index is 1.93. The van der Waals surface area contributed by atoms with Gasteiger partial charge in [0.05, 0.1) is 15.4 Å². The molecular weight excluding hydrogens is 358 g/mol. The Morgan fingerprint density at radius 1 is 0.963 bits per heavy atom. The van der Waals surface area contributed by atoms with Crippen LogP contribution in [0, 0.1) is 20.2 Å². The number of rotatable bonds is 7. The largest absolute Gasteiger partial charge is 0.452 e. The average molecular weight is 371 g/mol. The predicted octanol–water partition coefficient (Wildman–Crippen LogP) is 2.70. The van der Waals surface area contributed by atoms with Gasteiger partial charge in [0.2, 0.25) is 0 Å². The number of nitro groups is 2. The molecule has 0 saturated heterocycles. The number of nitrogens with one attached hydrogen (secondary N) is 1. The summed E-state index contributed by atoms with van der Waals surface area (Å²) in [7, 11) is 0. The lowest BCUT2D eigenvalue weighted by Gasteiger charge is -2.05. The molecule has 0 bridgehead atoms. The van der Waals surface area contributed by atoms with Crippen molar-refractivity contribution in [2.24, 2.45) is 0 Å². The number of carbonyl (C=O) groups excluding carboxylic acids is 2. The molecule has 0 saturated carbocycles. The van der Waals surface area contributed by atoms with Crippen molar-refractivity contribution in [2.45, 2.75) is 0 Å². The SMILES string of the molecule is O=C(COC(=O)/C=C/c1ccccc1[N+](=O)[O-])Nc1ccccc1[N+](=O)[O-]. The van der Waals surface area contributed by atoms with Crippen LogP contribution in [0.25, 0.3) is 6.08 Å². The number of nitrogens with zero attached hydrogens (tertiary/aromatic N) is 2. The molecule has 0 atom stereocenters. The number of hydrogen-bond donors (Lipinski definition) is 1. The lowest BCUT2D eigenvalue weighted by atomic mass is 10.1. The first kappa shape index (κ1) is 19.2. The summed E-state index contributed by atoms with van der Waals surface area (Å²) in [5.41, 5.74) is -0.313. The summed E-state index contributed by atoms with van der Waals surface area (Å²) in [6, 6.07) is 11.3. The van der Waals surface area contributed by atoms with E-state index in [2.05, 4.69) is 5.32 Å². The summed E-state index contributed by atoms with van der Waals surface area (Å²) in [6.45, 7) is -0.674. The van der Waals surface area contributed by atoms with Crippen molar-refractivity contribution in [2.75, 3.05) is 11.9 Å². The molecule has 0 fully saturated rings. The summed E-state index contributed by atoms with van der Waals surface area (Å²) >= 11 is 0. The fraction of sp³-hybridized carbons (Fsp3) is 0.0588. The van der Waals surface area contributed by atoms with Crippen LogP contribution < -0.4 is 5.32 Å². The fourth-order valence-electron chi connectivity index (χ4n) is 2.06. The van der Waals surface area contributed by atoms with Crippen molar-refractivity contribution in [3.63, 3.8) is 0 Å². The van der Waals surface area contributed by atoms with Gasteiger partial charge in [0.1, 0.15) is 5.69 Å². The first-order valence-electron chi connectivity index (χ1n) is 7.50. The molecule has 0 aliphatic heterocycles. The number of benzene rings is 2. The van der Waals surface area contributed by atoms with Crippen LogP contribution in [0.15, 0.2) is 54.6 Å². The maximum atomic E-state index is 11.8.